The van der Waals surface area contributed by atoms with Crippen molar-refractivity contribution in [3.05, 3.63) is 0 Å². The number of hydrogen-bond acceptors (Lipinski definition) is 3. The van der Waals surface area contributed by atoms with Gasteiger partial charge in [-0.3, -0.25) is 4.79 Å². The normalized spacial score (nSPS) is 17.4. The van der Waals surface area contributed by atoms with Crippen LogP contribution in [0.25, 0.3) is 0 Å². The van der Waals surface area contributed by atoms with E-state index in [4.69, 9.17) is 10.2 Å². The molecule has 0 aliphatic rings. The van der Waals surface area contributed by atoms with Gasteiger partial charge < -0.3 is 15.5 Å². The Balaban J connectivity index is 3.70. The number of hydrogen-bond donors (Lipinski definition) is 3. The van der Waals surface area contributed by atoms with Crippen LogP contribution in [0.4, 0.5) is 0 Å². The topological polar surface area (TPSA) is 69.6 Å². The molecule has 3 unspecified atom stereocenters. The van der Waals surface area contributed by atoms with Crippen LogP contribution < -0.4 is 5.32 Å². The monoisotopic (exact) mass is 203 g/mol. The number of carboxylic acids is 1. The number of nitrogens with one attached hydrogen (secondary N) is 1. The second-order valence-corrected chi connectivity index (χ2v) is 3.95. The molecule has 3 atom stereocenters. The Morgan fingerprint density at radius 1 is 1.36 bits per heavy atom. The standard InChI is InChI=1S/C10H21NO3/c1-7(6-12)9(3)11-8(2)4-5-10(13)14/h7-9,11-12H,4-6H2,1-3H3,(H,13,14). The molecule has 0 aromatic carbocycles. The van der Waals surface area contributed by atoms with Crippen molar-refractivity contribution in [1.29, 1.82) is 0 Å². The van der Waals surface area contributed by atoms with E-state index < -0.39 is 5.97 Å². The van der Waals surface area contributed by atoms with Gasteiger partial charge in [0.25, 0.3) is 0 Å². The molecule has 0 aliphatic carbocycles. The van der Waals surface area contributed by atoms with Crippen molar-refractivity contribution in [2.45, 2.75) is 45.7 Å². The van der Waals surface area contributed by atoms with Crippen LogP contribution in [0.5, 0.6) is 0 Å². The molecule has 0 radical (unpaired) electrons. The lowest BCUT2D eigenvalue weighted by Gasteiger charge is -2.23. The number of aliphatic hydroxyl groups is 1. The molecular weight excluding hydrogens is 182 g/mol. The fraction of sp³-hybridized carbons (Fsp3) is 0.900. The summed E-state index contributed by atoms with van der Waals surface area (Å²) in [6, 6.07) is 0.388. The van der Waals surface area contributed by atoms with Gasteiger partial charge in [-0.15, -0.1) is 0 Å². The Bertz CT molecular complexity index is 173. The molecule has 3 N–H and O–H groups in total. The third-order valence-corrected chi connectivity index (χ3v) is 2.48. The van der Waals surface area contributed by atoms with Crippen LogP contribution in [0.1, 0.15) is 33.6 Å². The molecule has 0 saturated carbocycles. The van der Waals surface area contributed by atoms with E-state index in [1.807, 2.05) is 20.8 Å². The molecule has 0 bridgehead atoms. The molecule has 0 fully saturated rings. The highest BCUT2D eigenvalue weighted by atomic mass is 16.4. The van der Waals surface area contributed by atoms with Crippen LogP contribution in [0.3, 0.4) is 0 Å². The van der Waals surface area contributed by atoms with E-state index in [1.54, 1.807) is 0 Å². The van der Waals surface area contributed by atoms with Crippen LogP contribution in [0, 0.1) is 5.92 Å². The predicted molar refractivity (Wildman–Crippen MR) is 55.2 cm³/mol. The summed E-state index contributed by atoms with van der Waals surface area (Å²) < 4.78 is 0. The van der Waals surface area contributed by atoms with Crippen LogP contribution in [-0.4, -0.2) is 34.9 Å². The first-order chi connectivity index (χ1) is 6.47. The smallest absolute Gasteiger partial charge is 0.303 e. The van der Waals surface area contributed by atoms with Gasteiger partial charge in [0, 0.05) is 25.1 Å². The Labute approximate surface area is 85.3 Å². The molecule has 0 spiro atoms. The first kappa shape index (κ1) is 13.4. The molecule has 4 heteroatoms. The average molecular weight is 203 g/mol. The number of carbonyl (C=O) groups is 1. The summed E-state index contributed by atoms with van der Waals surface area (Å²) in [5.41, 5.74) is 0. The first-order valence-corrected chi connectivity index (χ1v) is 5.06. The van der Waals surface area contributed by atoms with Gasteiger partial charge in [-0.05, 0) is 26.2 Å². The highest BCUT2D eigenvalue weighted by Gasteiger charge is 2.13. The van der Waals surface area contributed by atoms with Crippen LogP contribution >= 0.6 is 0 Å². The third kappa shape index (κ3) is 5.94. The van der Waals surface area contributed by atoms with Gasteiger partial charge in [-0.2, -0.15) is 0 Å². The fourth-order valence-corrected chi connectivity index (χ4v) is 1.19. The van der Waals surface area contributed by atoms with Crippen molar-refractivity contribution in [2.75, 3.05) is 6.61 Å². The minimum atomic E-state index is -0.762. The number of carboxylic acid groups (broad SMARTS) is 1. The third-order valence-electron chi connectivity index (χ3n) is 2.48. The summed E-state index contributed by atoms with van der Waals surface area (Å²) in [4.78, 5) is 10.3. The van der Waals surface area contributed by atoms with Crippen molar-refractivity contribution >= 4 is 5.97 Å². The van der Waals surface area contributed by atoms with Crippen molar-refractivity contribution in [1.82, 2.24) is 5.32 Å². The van der Waals surface area contributed by atoms with E-state index in [0.717, 1.165) is 0 Å². The highest BCUT2D eigenvalue weighted by molar-refractivity contribution is 5.66. The fourth-order valence-electron chi connectivity index (χ4n) is 1.19. The summed E-state index contributed by atoms with van der Waals surface area (Å²) in [5.74, 6) is -0.566. The number of rotatable bonds is 7. The van der Waals surface area contributed by atoms with Gasteiger partial charge in [-0.1, -0.05) is 6.92 Å². The minimum absolute atomic E-state index is 0.153. The van der Waals surface area contributed by atoms with Gasteiger partial charge in [0.2, 0.25) is 0 Å². The van der Waals surface area contributed by atoms with Gasteiger partial charge in [-0.25, -0.2) is 0 Å². The Kier molecular flexibility index (Phi) is 6.49. The van der Waals surface area contributed by atoms with Crippen molar-refractivity contribution in [3.63, 3.8) is 0 Å². The molecule has 84 valence electrons. The molecular formula is C10H21NO3. The van der Waals surface area contributed by atoms with Gasteiger partial charge in [0.05, 0.1) is 0 Å². The lowest BCUT2D eigenvalue weighted by molar-refractivity contribution is -0.137. The molecule has 0 aliphatic heterocycles. The minimum Gasteiger partial charge on any atom is -0.481 e. The van der Waals surface area contributed by atoms with Crippen LogP contribution in [0.15, 0.2) is 0 Å². The SMILES string of the molecule is CC(CCC(=O)O)NC(C)C(C)CO. The summed E-state index contributed by atoms with van der Waals surface area (Å²) in [7, 11) is 0. The summed E-state index contributed by atoms with van der Waals surface area (Å²) >= 11 is 0. The van der Waals surface area contributed by atoms with Gasteiger partial charge in [0.15, 0.2) is 0 Å². The van der Waals surface area contributed by atoms with Gasteiger partial charge >= 0.3 is 5.97 Å². The second-order valence-electron chi connectivity index (χ2n) is 3.95. The highest BCUT2D eigenvalue weighted by Crippen LogP contribution is 2.04. The molecule has 14 heavy (non-hydrogen) atoms. The molecule has 0 heterocycles. The van der Waals surface area contributed by atoms with Crippen molar-refractivity contribution in [2.24, 2.45) is 5.92 Å². The van der Waals surface area contributed by atoms with E-state index >= 15 is 0 Å². The maximum Gasteiger partial charge on any atom is 0.303 e. The Hall–Kier alpha value is -0.610. The summed E-state index contributed by atoms with van der Waals surface area (Å²) in [5, 5.41) is 20.6. The maximum atomic E-state index is 10.3. The van der Waals surface area contributed by atoms with E-state index in [9.17, 15) is 4.79 Å². The zero-order chi connectivity index (χ0) is 11.1. The first-order valence-electron chi connectivity index (χ1n) is 5.06. The molecule has 0 saturated heterocycles. The van der Waals surface area contributed by atoms with E-state index in [1.165, 1.54) is 0 Å². The van der Waals surface area contributed by atoms with E-state index in [-0.39, 0.29) is 31.0 Å². The Morgan fingerprint density at radius 3 is 2.36 bits per heavy atom. The van der Waals surface area contributed by atoms with Gasteiger partial charge in [0.1, 0.15) is 0 Å². The molecule has 0 rings (SSSR count). The Morgan fingerprint density at radius 2 is 1.93 bits per heavy atom. The molecule has 0 aromatic heterocycles. The van der Waals surface area contributed by atoms with Crippen LogP contribution in [-0.2, 0) is 4.79 Å². The van der Waals surface area contributed by atoms with E-state index in [0.29, 0.717) is 6.42 Å². The van der Waals surface area contributed by atoms with Crippen molar-refractivity contribution in [3.8, 4) is 0 Å². The second kappa shape index (κ2) is 6.79. The quantitative estimate of drug-likeness (QED) is 0.573. The zero-order valence-electron chi connectivity index (χ0n) is 9.16. The maximum absolute atomic E-state index is 10.3. The largest absolute Gasteiger partial charge is 0.481 e. The zero-order valence-corrected chi connectivity index (χ0v) is 9.16. The summed E-state index contributed by atoms with van der Waals surface area (Å²) in [6.45, 7) is 6.07. The molecule has 0 aromatic rings. The van der Waals surface area contributed by atoms with E-state index in [2.05, 4.69) is 5.32 Å². The lowest BCUT2D eigenvalue weighted by Crippen LogP contribution is -2.39. The average Bonchev–Trinajstić information content (AvgIpc) is 2.13. The number of aliphatic carboxylic acids is 1. The lowest BCUT2D eigenvalue weighted by atomic mass is 10.0. The van der Waals surface area contributed by atoms with Crippen molar-refractivity contribution < 1.29 is 15.0 Å². The van der Waals surface area contributed by atoms with Crippen LogP contribution in [0.2, 0.25) is 0 Å². The molecule has 4 nitrogen and oxygen atoms in total. The number of aliphatic hydroxyl groups excluding tert-OH is 1. The predicted octanol–water partition coefficient (Wildman–Crippen LogP) is 0.846. The summed E-state index contributed by atoms with van der Waals surface area (Å²) in [6.07, 6.45) is 0.812. The molecule has 0 amide bonds.